The van der Waals surface area contributed by atoms with Crippen LogP contribution in [0, 0.1) is 5.41 Å². The Kier molecular flexibility index (Phi) is 4.36. The standard InChI is InChI=1S/C17H26N2O/c1-17(2)9-7-15(8-10-17)19(3)16(20)12-13-5-4-6-14(18)11-13/h4-6,11,15H,7-10,12,18H2,1-3H3. The summed E-state index contributed by atoms with van der Waals surface area (Å²) < 4.78 is 0. The Morgan fingerprint density at radius 1 is 1.35 bits per heavy atom. The summed E-state index contributed by atoms with van der Waals surface area (Å²) in [6, 6.07) is 8.00. The lowest BCUT2D eigenvalue weighted by atomic mass is 9.75. The van der Waals surface area contributed by atoms with E-state index in [1.165, 1.54) is 12.8 Å². The summed E-state index contributed by atoms with van der Waals surface area (Å²) in [5, 5.41) is 0. The molecular weight excluding hydrogens is 248 g/mol. The smallest absolute Gasteiger partial charge is 0.226 e. The maximum Gasteiger partial charge on any atom is 0.226 e. The molecule has 0 aromatic heterocycles. The first-order chi connectivity index (χ1) is 9.37. The molecule has 1 fully saturated rings. The van der Waals surface area contributed by atoms with Gasteiger partial charge in [-0.3, -0.25) is 4.79 Å². The number of hydrogen-bond donors (Lipinski definition) is 1. The second kappa shape index (κ2) is 5.86. The third-order valence-electron chi connectivity index (χ3n) is 4.56. The molecule has 2 N–H and O–H groups in total. The van der Waals surface area contributed by atoms with Crippen LogP contribution in [0.1, 0.15) is 45.1 Å². The summed E-state index contributed by atoms with van der Waals surface area (Å²) in [5.74, 6) is 0.195. The molecule has 0 radical (unpaired) electrons. The fourth-order valence-corrected chi connectivity index (χ4v) is 2.98. The molecule has 0 bridgehead atoms. The van der Waals surface area contributed by atoms with Gasteiger partial charge in [0.2, 0.25) is 5.91 Å². The molecule has 1 aromatic carbocycles. The highest BCUT2D eigenvalue weighted by Crippen LogP contribution is 2.36. The second-order valence-electron chi connectivity index (χ2n) is 6.82. The minimum Gasteiger partial charge on any atom is -0.399 e. The molecule has 1 aliphatic carbocycles. The molecule has 1 aliphatic rings. The van der Waals surface area contributed by atoms with Gasteiger partial charge in [-0.15, -0.1) is 0 Å². The van der Waals surface area contributed by atoms with E-state index in [2.05, 4.69) is 13.8 Å². The van der Waals surface area contributed by atoms with Crippen molar-refractivity contribution < 1.29 is 4.79 Å². The number of rotatable bonds is 3. The maximum absolute atomic E-state index is 12.4. The third kappa shape index (κ3) is 3.75. The third-order valence-corrected chi connectivity index (χ3v) is 4.56. The van der Waals surface area contributed by atoms with Crippen LogP contribution in [-0.2, 0) is 11.2 Å². The number of carbonyl (C=O) groups is 1. The zero-order valence-corrected chi connectivity index (χ0v) is 12.9. The van der Waals surface area contributed by atoms with Gasteiger partial charge in [0.1, 0.15) is 0 Å². The molecular formula is C17H26N2O. The number of nitrogen functional groups attached to an aromatic ring is 1. The van der Waals surface area contributed by atoms with E-state index in [1.54, 1.807) is 0 Å². The van der Waals surface area contributed by atoms with Crippen LogP contribution in [0.25, 0.3) is 0 Å². The summed E-state index contributed by atoms with van der Waals surface area (Å²) in [6.07, 6.45) is 5.08. The Hall–Kier alpha value is -1.51. The molecule has 0 heterocycles. The maximum atomic E-state index is 12.4. The molecule has 1 aromatic rings. The first-order valence-corrected chi connectivity index (χ1v) is 7.47. The lowest BCUT2D eigenvalue weighted by Gasteiger charge is -2.38. The van der Waals surface area contributed by atoms with Crippen LogP contribution in [0.15, 0.2) is 24.3 Å². The van der Waals surface area contributed by atoms with Crippen molar-refractivity contribution in [1.29, 1.82) is 0 Å². The van der Waals surface area contributed by atoms with Crippen molar-refractivity contribution in [1.82, 2.24) is 4.90 Å². The average molecular weight is 274 g/mol. The number of hydrogen-bond acceptors (Lipinski definition) is 2. The van der Waals surface area contributed by atoms with Crippen LogP contribution in [0.5, 0.6) is 0 Å². The zero-order valence-electron chi connectivity index (χ0n) is 12.9. The van der Waals surface area contributed by atoms with Crippen LogP contribution in [0.3, 0.4) is 0 Å². The fourth-order valence-electron chi connectivity index (χ4n) is 2.98. The van der Waals surface area contributed by atoms with Crippen LogP contribution < -0.4 is 5.73 Å². The van der Waals surface area contributed by atoms with E-state index in [-0.39, 0.29) is 5.91 Å². The molecule has 0 saturated heterocycles. The molecule has 2 rings (SSSR count). The molecule has 0 aliphatic heterocycles. The van der Waals surface area contributed by atoms with Crippen molar-refractivity contribution in [2.75, 3.05) is 12.8 Å². The molecule has 3 heteroatoms. The molecule has 1 saturated carbocycles. The van der Waals surface area contributed by atoms with Gasteiger partial charge in [0.05, 0.1) is 6.42 Å². The number of anilines is 1. The van der Waals surface area contributed by atoms with Crippen molar-refractivity contribution in [2.45, 2.75) is 52.0 Å². The number of nitrogens with zero attached hydrogens (tertiary/aromatic N) is 1. The summed E-state index contributed by atoms with van der Waals surface area (Å²) in [4.78, 5) is 14.3. The van der Waals surface area contributed by atoms with Gasteiger partial charge in [0, 0.05) is 18.8 Å². The van der Waals surface area contributed by atoms with Gasteiger partial charge >= 0.3 is 0 Å². The lowest BCUT2D eigenvalue weighted by Crippen LogP contribution is -2.41. The number of likely N-dealkylation sites (N-methyl/N-ethyl adjacent to an activating group) is 1. The molecule has 0 unspecified atom stereocenters. The van der Waals surface area contributed by atoms with Gasteiger partial charge in [-0.2, -0.15) is 0 Å². The Bertz CT molecular complexity index is 472. The molecule has 3 nitrogen and oxygen atoms in total. The Balaban J connectivity index is 1.92. The van der Waals surface area contributed by atoms with E-state index in [9.17, 15) is 4.79 Å². The monoisotopic (exact) mass is 274 g/mol. The quantitative estimate of drug-likeness (QED) is 0.860. The van der Waals surface area contributed by atoms with Gasteiger partial charge in [0.25, 0.3) is 0 Å². The van der Waals surface area contributed by atoms with E-state index in [0.717, 1.165) is 24.1 Å². The van der Waals surface area contributed by atoms with E-state index in [0.29, 0.717) is 17.9 Å². The summed E-state index contributed by atoms with van der Waals surface area (Å²) >= 11 is 0. The largest absolute Gasteiger partial charge is 0.399 e. The van der Waals surface area contributed by atoms with Gasteiger partial charge < -0.3 is 10.6 Å². The van der Waals surface area contributed by atoms with Crippen molar-refractivity contribution in [3.05, 3.63) is 29.8 Å². The fraction of sp³-hybridized carbons (Fsp3) is 0.588. The highest BCUT2D eigenvalue weighted by Gasteiger charge is 2.30. The first kappa shape index (κ1) is 14.9. The predicted molar refractivity (Wildman–Crippen MR) is 83.4 cm³/mol. The Labute approximate surface area is 122 Å². The van der Waals surface area contributed by atoms with Crippen LogP contribution >= 0.6 is 0 Å². The SMILES string of the molecule is CN(C(=O)Cc1cccc(N)c1)C1CCC(C)(C)CC1. The Morgan fingerprint density at radius 3 is 2.60 bits per heavy atom. The van der Waals surface area contributed by atoms with Crippen LogP contribution in [0.2, 0.25) is 0 Å². The van der Waals surface area contributed by atoms with Crippen molar-refractivity contribution in [2.24, 2.45) is 5.41 Å². The second-order valence-corrected chi connectivity index (χ2v) is 6.82. The van der Waals surface area contributed by atoms with Crippen molar-refractivity contribution in [3.8, 4) is 0 Å². The normalized spacial score (nSPS) is 18.8. The van der Waals surface area contributed by atoms with E-state index in [4.69, 9.17) is 5.73 Å². The number of benzene rings is 1. The summed E-state index contributed by atoms with van der Waals surface area (Å²) in [6.45, 7) is 4.63. The van der Waals surface area contributed by atoms with E-state index in [1.807, 2.05) is 36.2 Å². The van der Waals surface area contributed by atoms with Crippen LogP contribution in [0.4, 0.5) is 5.69 Å². The van der Waals surface area contributed by atoms with Crippen LogP contribution in [-0.4, -0.2) is 23.9 Å². The zero-order chi connectivity index (χ0) is 14.8. The van der Waals surface area contributed by atoms with Crippen molar-refractivity contribution >= 4 is 11.6 Å². The molecule has 0 spiro atoms. The van der Waals surface area contributed by atoms with E-state index >= 15 is 0 Å². The number of nitrogens with two attached hydrogens (primary N) is 1. The molecule has 1 amide bonds. The average Bonchev–Trinajstić information content (AvgIpc) is 2.38. The topological polar surface area (TPSA) is 46.3 Å². The van der Waals surface area contributed by atoms with E-state index < -0.39 is 0 Å². The van der Waals surface area contributed by atoms with Crippen molar-refractivity contribution in [3.63, 3.8) is 0 Å². The highest BCUT2D eigenvalue weighted by molar-refractivity contribution is 5.79. The minimum atomic E-state index is 0.195. The summed E-state index contributed by atoms with van der Waals surface area (Å²) in [7, 11) is 1.94. The molecule has 0 atom stereocenters. The first-order valence-electron chi connectivity index (χ1n) is 7.47. The van der Waals surface area contributed by atoms with Gasteiger partial charge in [0.15, 0.2) is 0 Å². The highest BCUT2D eigenvalue weighted by atomic mass is 16.2. The van der Waals surface area contributed by atoms with Gasteiger partial charge in [-0.1, -0.05) is 26.0 Å². The predicted octanol–water partition coefficient (Wildman–Crippen LogP) is 3.24. The van der Waals surface area contributed by atoms with Gasteiger partial charge in [-0.05, 0) is 48.8 Å². The van der Waals surface area contributed by atoms with Gasteiger partial charge in [-0.25, -0.2) is 0 Å². The summed E-state index contributed by atoms with van der Waals surface area (Å²) in [5.41, 5.74) is 7.91. The molecule has 20 heavy (non-hydrogen) atoms. The molecule has 110 valence electrons. The minimum absolute atomic E-state index is 0.195. The number of carbonyl (C=O) groups excluding carboxylic acids is 1. The Morgan fingerprint density at radius 2 is 2.00 bits per heavy atom. The lowest BCUT2D eigenvalue weighted by molar-refractivity contribution is -0.132. The number of amides is 1.